The van der Waals surface area contributed by atoms with Crippen molar-refractivity contribution in [2.24, 2.45) is 0 Å². The number of rotatable bonds is 12. The second-order valence-electron chi connectivity index (χ2n) is 10.2. The van der Waals surface area contributed by atoms with E-state index in [1.807, 2.05) is 30.5 Å². The summed E-state index contributed by atoms with van der Waals surface area (Å²) in [7, 11) is 3.27. The number of benzene rings is 1. The normalized spacial score (nSPS) is 13.2. The molecule has 1 aromatic carbocycles. The largest absolute Gasteiger partial charge is 0.480 e. The van der Waals surface area contributed by atoms with Crippen LogP contribution in [-0.2, 0) is 6.61 Å². The standard InChI is InChI=1S/C28H31F2N5O2S.C4H10/c1-17(28(3,29)30)14-35(4)18(2)20-9-7-19(8-10-20)15-37-22-13-23(38-6)34-26(33-22)24-25(21-11-12-21)31-16-32-27(24)36-5;1-3-4-2/h7-10,13-14,16,21H,2,11-12,15H2,1,3-6H3;3-4H2,1-2H3/b17-14+;. The predicted octanol–water partition coefficient (Wildman–Crippen LogP) is 8.39. The maximum absolute atomic E-state index is 13.5. The van der Waals surface area contributed by atoms with Crippen molar-refractivity contribution in [1.82, 2.24) is 24.8 Å². The average Bonchev–Trinajstić information content (AvgIpc) is 3.84. The third-order valence-electron chi connectivity index (χ3n) is 6.79. The van der Waals surface area contributed by atoms with Crippen molar-refractivity contribution in [2.75, 3.05) is 20.4 Å². The number of allylic oxidation sites excluding steroid dienone is 1. The maximum Gasteiger partial charge on any atom is 0.268 e. The molecule has 0 aliphatic heterocycles. The number of aromatic nitrogens is 4. The van der Waals surface area contributed by atoms with Gasteiger partial charge in [-0.15, -0.1) is 11.8 Å². The molecule has 42 heavy (non-hydrogen) atoms. The summed E-state index contributed by atoms with van der Waals surface area (Å²) < 4.78 is 38.6. The zero-order valence-corrected chi connectivity index (χ0v) is 26.4. The van der Waals surface area contributed by atoms with Crippen LogP contribution in [0.5, 0.6) is 11.8 Å². The number of alkyl halides is 2. The monoisotopic (exact) mass is 597 g/mol. The number of unbranched alkanes of at least 4 members (excludes halogenated alkanes) is 1. The number of hydrogen-bond donors (Lipinski definition) is 0. The Balaban J connectivity index is 0.00000114. The molecule has 3 aromatic rings. The second-order valence-corrected chi connectivity index (χ2v) is 11.1. The first-order chi connectivity index (χ1) is 20.0. The molecular formula is C32H41F2N5O2S. The van der Waals surface area contributed by atoms with Gasteiger partial charge in [-0.2, -0.15) is 4.98 Å². The first-order valence-electron chi connectivity index (χ1n) is 14.0. The molecule has 1 fully saturated rings. The van der Waals surface area contributed by atoms with Gasteiger partial charge in [0.25, 0.3) is 5.92 Å². The molecule has 0 bridgehead atoms. The molecule has 0 amide bonds. The summed E-state index contributed by atoms with van der Waals surface area (Å²) in [5.74, 6) is -1.17. The molecular weight excluding hydrogens is 556 g/mol. The van der Waals surface area contributed by atoms with Crippen molar-refractivity contribution in [3.63, 3.8) is 0 Å². The Morgan fingerprint density at radius 1 is 1.14 bits per heavy atom. The van der Waals surface area contributed by atoms with E-state index in [9.17, 15) is 8.78 Å². The number of ether oxygens (including phenoxy) is 2. The zero-order valence-electron chi connectivity index (χ0n) is 25.6. The quantitative estimate of drug-likeness (QED) is 0.152. The SMILES string of the molecule is C=C(c1ccc(COc2cc(SC)nc(-c3c(OC)ncnc3C3CC3)n2)cc1)N(C)/C=C(\C)C(C)(F)F.CCCC. The Kier molecular flexibility index (Phi) is 11.8. The predicted molar refractivity (Wildman–Crippen MR) is 166 cm³/mol. The first kappa shape index (κ1) is 33.0. The molecule has 4 rings (SSSR count). The Hall–Kier alpha value is -3.53. The van der Waals surface area contributed by atoms with Crippen molar-refractivity contribution >= 4 is 17.5 Å². The highest BCUT2D eigenvalue weighted by Crippen LogP contribution is 2.45. The van der Waals surface area contributed by atoms with Gasteiger partial charge in [0, 0.05) is 43.4 Å². The molecule has 1 saturated carbocycles. The minimum absolute atomic E-state index is 0.0380. The number of hydrogen-bond acceptors (Lipinski definition) is 8. The zero-order chi connectivity index (χ0) is 30.9. The topological polar surface area (TPSA) is 73.3 Å². The van der Waals surface area contributed by atoms with Crippen molar-refractivity contribution in [1.29, 1.82) is 0 Å². The van der Waals surface area contributed by atoms with E-state index in [0.29, 0.717) is 34.8 Å². The molecule has 7 nitrogen and oxygen atoms in total. The summed E-state index contributed by atoms with van der Waals surface area (Å²) in [6.07, 6.45) is 9.63. The third kappa shape index (κ3) is 8.98. The van der Waals surface area contributed by atoms with Gasteiger partial charge in [0.1, 0.15) is 23.5 Å². The minimum Gasteiger partial charge on any atom is -0.480 e. The second kappa shape index (κ2) is 15.1. The van der Waals surface area contributed by atoms with Crippen LogP contribution in [0.2, 0.25) is 0 Å². The molecule has 0 radical (unpaired) electrons. The van der Waals surface area contributed by atoms with E-state index >= 15 is 0 Å². The highest BCUT2D eigenvalue weighted by Gasteiger charge is 2.31. The maximum atomic E-state index is 13.5. The fourth-order valence-corrected chi connectivity index (χ4v) is 4.14. The molecule has 2 aromatic heterocycles. The van der Waals surface area contributed by atoms with Crippen molar-refractivity contribution in [3.05, 3.63) is 71.8 Å². The lowest BCUT2D eigenvalue weighted by Gasteiger charge is -2.21. The van der Waals surface area contributed by atoms with E-state index < -0.39 is 5.92 Å². The Morgan fingerprint density at radius 3 is 2.36 bits per heavy atom. The molecule has 0 saturated heterocycles. The summed E-state index contributed by atoms with van der Waals surface area (Å²) >= 11 is 1.49. The number of methoxy groups -OCH3 is 1. The molecule has 226 valence electrons. The van der Waals surface area contributed by atoms with Gasteiger partial charge in [-0.25, -0.2) is 23.7 Å². The lowest BCUT2D eigenvalue weighted by atomic mass is 10.1. The highest BCUT2D eigenvalue weighted by molar-refractivity contribution is 7.98. The molecule has 1 aliphatic carbocycles. The number of thioether (sulfide) groups is 1. The van der Waals surface area contributed by atoms with Crippen molar-refractivity contribution in [3.8, 4) is 23.1 Å². The van der Waals surface area contributed by atoms with Crippen LogP contribution in [0, 0.1) is 0 Å². The molecule has 0 spiro atoms. The molecule has 2 heterocycles. The van der Waals surface area contributed by atoms with E-state index in [-0.39, 0.29) is 12.2 Å². The van der Waals surface area contributed by atoms with Crippen molar-refractivity contribution < 1.29 is 18.3 Å². The van der Waals surface area contributed by atoms with Crippen LogP contribution in [0.3, 0.4) is 0 Å². The Labute approximate surface area is 252 Å². The van der Waals surface area contributed by atoms with E-state index in [2.05, 4.69) is 40.4 Å². The van der Waals surface area contributed by atoms with Gasteiger partial charge in [0.15, 0.2) is 5.82 Å². The smallest absolute Gasteiger partial charge is 0.268 e. The van der Waals surface area contributed by atoms with Gasteiger partial charge in [0.2, 0.25) is 11.8 Å². The van der Waals surface area contributed by atoms with Crippen LogP contribution in [0.25, 0.3) is 17.1 Å². The fourth-order valence-electron chi connectivity index (χ4n) is 3.74. The summed E-state index contributed by atoms with van der Waals surface area (Å²) in [5, 5.41) is 0.758. The van der Waals surface area contributed by atoms with Gasteiger partial charge in [-0.3, -0.25) is 0 Å². The van der Waals surface area contributed by atoms with Gasteiger partial charge in [0.05, 0.1) is 12.8 Å². The first-order valence-corrected chi connectivity index (χ1v) is 15.3. The summed E-state index contributed by atoms with van der Waals surface area (Å²) in [5.41, 5.74) is 3.91. The molecule has 0 atom stereocenters. The van der Waals surface area contributed by atoms with E-state index in [4.69, 9.17) is 9.47 Å². The van der Waals surface area contributed by atoms with Crippen LogP contribution in [0.4, 0.5) is 8.78 Å². The average molecular weight is 598 g/mol. The van der Waals surface area contributed by atoms with Crippen LogP contribution in [0.15, 0.2) is 60.0 Å². The Bertz CT molecular complexity index is 1370. The summed E-state index contributed by atoms with van der Waals surface area (Å²) in [6.45, 7) is 11.0. The van der Waals surface area contributed by atoms with Crippen LogP contribution in [0.1, 0.15) is 76.1 Å². The van der Waals surface area contributed by atoms with Gasteiger partial charge < -0.3 is 14.4 Å². The number of nitrogens with zero attached hydrogens (tertiary/aromatic N) is 5. The molecule has 0 N–H and O–H groups in total. The van der Waals surface area contributed by atoms with E-state index in [1.165, 1.54) is 44.1 Å². The van der Waals surface area contributed by atoms with E-state index in [1.54, 1.807) is 25.1 Å². The van der Waals surface area contributed by atoms with Gasteiger partial charge >= 0.3 is 0 Å². The summed E-state index contributed by atoms with van der Waals surface area (Å²) in [6, 6.07) is 9.40. The fraction of sp³-hybridized carbons (Fsp3) is 0.438. The molecule has 10 heteroatoms. The Morgan fingerprint density at radius 2 is 1.81 bits per heavy atom. The van der Waals surface area contributed by atoms with Crippen molar-refractivity contribution in [2.45, 2.75) is 76.9 Å². The lowest BCUT2D eigenvalue weighted by molar-refractivity contribution is 0.0622. The number of halogens is 2. The van der Waals surface area contributed by atoms with Crippen LogP contribution >= 0.6 is 11.8 Å². The lowest BCUT2D eigenvalue weighted by Crippen LogP contribution is -2.16. The van der Waals surface area contributed by atoms with E-state index in [0.717, 1.165) is 41.6 Å². The van der Waals surface area contributed by atoms with Crippen LogP contribution < -0.4 is 9.47 Å². The molecule has 0 unspecified atom stereocenters. The minimum atomic E-state index is -2.88. The van der Waals surface area contributed by atoms with Gasteiger partial charge in [-0.05, 0) is 37.1 Å². The van der Waals surface area contributed by atoms with Crippen LogP contribution in [-0.4, -0.2) is 51.2 Å². The third-order valence-corrected chi connectivity index (χ3v) is 7.42. The van der Waals surface area contributed by atoms with Gasteiger partial charge in [-0.1, -0.05) is 57.5 Å². The molecule has 1 aliphatic rings. The highest BCUT2D eigenvalue weighted by atomic mass is 32.2. The summed E-state index contributed by atoms with van der Waals surface area (Å²) in [4.78, 5) is 19.7.